The third-order valence-corrected chi connectivity index (χ3v) is 3.99. The van der Waals surface area contributed by atoms with Crippen LogP contribution in [0.4, 0.5) is 11.6 Å². The van der Waals surface area contributed by atoms with Gasteiger partial charge in [0.1, 0.15) is 5.69 Å². The van der Waals surface area contributed by atoms with Crippen LogP contribution in [0, 0.1) is 18.3 Å². The van der Waals surface area contributed by atoms with E-state index in [1.54, 1.807) is 42.5 Å². The minimum absolute atomic E-state index is 0.166. The van der Waals surface area contributed by atoms with Crippen LogP contribution in [-0.2, 0) is 0 Å². The molecule has 0 atom stereocenters. The van der Waals surface area contributed by atoms with Gasteiger partial charge in [-0.25, -0.2) is 9.97 Å². The topological polar surface area (TPSA) is 78.7 Å². The van der Waals surface area contributed by atoms with Gasteiger partial charge in [0.2, 0.25) is 11.7 Å². The summed E-state index contributed by atoms with van der Waals surface area (Å²) in [5, 5.41) is 11.9. The van der Waals surface area contributed by atoms with Crippen LogP contribution in [-0.4, -0.2) is 15.8 Å². The Bertz CT molecular complexity index is 960. The first-order valence-electron chi connectivity index (χ1n) is 7.48. The molecule has 1 N–H and O–H groups in total. The van der Waals surface area contributed by atoms with Crippen molar-refractivity contribution < 1.29 is 4.79 Å². The number of rotatable bonds is 4. The number of hydrogen-bond acceptors (Lipinski definition) is 5. The van der Waals surface area contributed by atoms with Gasteiger partial charge >= 0.3 is 0 Å². The molecule has 3 rings (SSSR count). The number of anilines is 2. The number of aryl methyl sites for hydroxylation is 1. The third-order valence-electron chi connectivity index (χ3n) is 3.46. The van der Waals surface area contributed by atoms with Crippen LogP contribution in [0.3, 0.4) is 0 Å². The Morgan fingerprint density at radius 1 is 1.08 bits per heavy atom. The molecule has 0 unspecified atom stereocenters. The first-order valence-corrected chi connectivity index (χ1v) is 8.27. The van der Waals surface area contributed by atoms with Crippen LogP contribution in [0.5, 0.6) is 0 Å². The van der Waals surface area contributed by atoms with E-state index in [2.05, 4.69) is 37.3 Å². The van der Waals surface area contributed by atoms with Gasteiger partial charge in [-0.2, -0.15) is 5.26 Å². The van der Waals surface area contributed by atoms with E-state index in [1.165, 1.54) is 0 Å². The Morgan fingerprint density at radius 2 is 1.76 bits per heavy atom. The Morgan fingerprint density at radius 3 is 2.40 bits per heavy atom. The Labute approximate surface area is 153 Å². The number of nitrogens with zero attached hydrogens (tertiary/aromatic N) is 3. The molecule has 122 valence electrons. The molecule has 0 aliphatic carbocycles. The quantitative estimate of drug-likeness (QED) is 0.665. The Kier molecular flexibility index (Phi) is 4.87. The summed E-state index contributed by atoms with van der Waals surface area (Å²) in [4.78, 5) is 21.3. The van der Waals surface area contributed by atoms with Crippen molar-refractivity contribution in [3.05, 3.63) is 81.6 Å². The number of aromatic nitrogens is 2. The van der Waals surface area contributed by atoms with Gasteiger partial charge in [-0.15, -0.1) is 0 Å². The maximum Gasteiger partial charge on any atom is 0.228 e. The minimum Gasteiger partial charge on any atom is -0.324 e. The van der Waals surface area contributed by atoms with Crippen molar-refractivity contribution in [1.29, 1.82) is 5.26 Å². The monoisotopic (exact) mass is 392 g/mol. The summed E-state index contributed by atoms with van der Waals surface area (Å²) in [6.45, 7) is 1.81. The highest BCUT2D eigenvalue weighted by molar-refractivity contribution is 9.10. The standard InChI is InChI=1S/C19H13BrN4O/c1-12-10-17(18(25)14-4-6-15(20)7-5-14)24-19(22-12)23-16-8-2-13(11-21)3-9-16/h2-10H,1H3,(H,22,23,24). The molecule has 6 heteroatoms. The average Bonchev–Trinajstić information content (AvgIpc) is 2.62. The molecule has 0 amide bonds. The predicted molar refractivity (Wildman–Crippen MR) is 98.8 cm³/mol. The van der Waals surface area contributed by atoms with Crippen LogP contribution in [0.1, 0.15) is 27.3 Å². The first-order chi connectivity index (χ1) is 12.0. The molecule has 0 fully saturated rings. The largest absolute Gasteiger partial charge is 0.324 e. The second-order valence-electron chi connectivity index (χ2n) is 5.37. The number of nitrogens with one attached hydrogen (secondary N) is 1. The normalized spacial score (nSPS) is 10.1. The minimum atomic E-state index is -0.166. The summed E-state index contributed by atoms with van der Waals surface area (Å²) in [5.41, 5.74) is 2.89. The molecule has 0 aliphatic heterocycles. The SMILES string of the molecule is Cc1cc(C(=O)c2ccc(Br)cc2)nc(Nc2ccc(C#N)cc2)n1. The van der Waals surface area contributed by atoms with Gasteiger partial charge in [0, 0.05) is 21.4 Å². The van der Waals surface area contributed by atoms with E-state index in [1.807, 2.05) is 19.1 Å². The molecule has 25 heavy (non-hydrogen) atoms. The molecule has 0 bridgehead atoms. The van der Waals surface area contributed by atoms with E-state index >= 15 is 0 Å². The summed E-state index contributed by atoms with van der Waals surface area (Å²) in [6, 6.07) is 17.8. The fourth-order valence-corrected chi connectivity index (χ4v) is 2.51. The van der Waals surface area contributed by atoms with Gasteiger partial charge in [0.15, 0.2) is 0 Å². The maximum absolute atomic E-state index is 12.6. The van der Waals surface area contributed by atoms with Crippen molar-refractivity contribution in [3.8, 4) is 6.07 Å². The number of carbonyl (C=O) groups is 1. The van der Waals surface area contributed by atoms with Crippen molar-refractivity contribution in [3.63, 3.8) is 0 Å². The van der Waals surface area contributed by atoms with E-state index in [4.69, 9.17) is 5.26 Å². The fraction of sp³-hybridized carbons (Fsp3) is 0.0526. The molecular formula is C19H13BrN4O. The van der Waals surface area contributed by atoms with E-state index in [9.17, 15) is 4.79 Å². The molecule has 0 spiro atoms. The third kappa shape index (κ3) is 4.08. The maximum atomic E-state index is 12.6. The number of nitriles is 1. The lowest BCUT2D eigenvalue weighted by atomic mass is 10.1. The van der Waals surface area contributed by atoms with Crippen molar-refractivity contribution >= 4 is 33.3 Å². The second-order valence-corrected chi connectivity index (χ2v) is 6.28. The first kappa shape index (κ1) is 16.8. The van der Waals surface area contributed by atoms with Gasteiger partial charge in [0.25, 0.3) is 0 Å². The summed E-state index contributed by atoms with van der Waals surface area (Å²) in [5.74, 6) is 0.172. The molecule has 3 aromatic rings. The molecule has 0 radical (unpaired) electrons. The number of carbonyl (C=O) groups excluding carboxylic acids is 1. The van der Waals surface area contributed by atoms with E-state index in [0.29, 0.717) is 28.5 Å². The molecule has 1 heterocycles. The van der Waals surface area contributed by atoms with Crippen LogP contribution in [0.15, 0.2) is 59.1 Å². The molecule has 5 nitrogen and oxygen atoms in total. The van der Waals surface area contributed by atoms with Crippen molar-refractivity contribution in [2.45, 2.75) is 6.92 Å². The van der Waals surface area contributed by atoms with E-state index in [0.717, 1.165) is 10.2 Å². The number of benzene rings is 2. The van der Waals surface area contributed by atoms with Crippen LogP contribution in [0.25, 0.3) is 0 Å². The van der Waals surface area contributed by atoms with Crippen molar-refractivity contribution in [1.82, 2.24) is 9.97 Å². The van der Waals surface area contributed by atoms with Gasteiger partial charge in [-0.05, 0) is 61.5 Å². The number of hydrogen-bond donors (Lipinski definition) is 1. The highest BCUT2D eigenvalue weighted by Crippen LogP contribution is 2.17. The zero-order valence-electron chi connectivity index (χ0n) is 13.3. The van der Waals surface area contributed by atoms with Gasteiger partial charge in [0.05, 0.1) is 11.6 Å². The summed E-state index contributed by atoms with van der Waals surface area (Å²) < 4.78 is 0.908. The lowest BCUT2D eigenvalue weighted by Gasteiger charge is -2.08. The lowest BCUT2D eigenvalue weighted by Crippen LogP contribution is -2.08. The highest BCUT2D eigenvalue weighted by atomic mass is 79.9. The zero-order valence-corrected chi connectivity index (χ0v) is 14.9. The smallest absolute Gasteiger partial charge is 0.228 e. The molecular weight excluding hydrogens is 380 g/mol. The highest BCUT2D eigenvalue weighted by Gasteiger charge is 2.13. The molecule has 2 aromatic carbocycles. The number of ketones is 1. The summed E-state index contributed by atoms with van der Waals surface area (Å²) >= 11 is 3.35. The van der Waals surface area contributed by atoms with Gasteiger partial charge < -0.3 is 5.32 Å². The Hall–Kier alpha value is -3.04. The number of halogens is 1. The van der Waals surface area contributed by atoms with E-state index < -0.39 is 0 Å². The molecule has 1 aromatic heterocycles. The van der Waals surface area contributed by atoms with Crippen molar-refractivity contribution in [2.24, 2.45) is 0 Å². The van der Waals surface area contributed by atoms with E-state index in [-0.39, 0.29) is 5.78 Å². The van der Waals surface area contributed by atoms with Gasteiger partial charge in [-0.1, -0.05) is 15.9 Å². The zero-order chi connectivity index (χ0) is 17.8. The average molecular weight is 393 g/mol. The summed E-state index contributed by atoms with van der Waals surface area (Å²) in [7, 11) is 0. The molecule has 0 saturated heterocycles. The fourth-order valence-electron chi connectivity index (χ4n) is 2.25. The Balaban J connectivity index is 1.88. The van der Waals surface area contributed by atoms with Crippen LogP contribution in [0.2, 0.25) is 0 Å². The molecule has 0 saturated carbocycles. The van der Waals surface area contributed by atoms with Crippen molar-refractivity contribution in [2.75, 3.05) is 5.32 Å². The molecule has 0 aliphatic rings. The summed E-state index contributed by atoms with van der Waals surface area (Å²) in [6.07, 6.45) is 0. The lowest BCUT2D eigenvalue weighted by molar-refractivity contribution is 0.103. The predicted octanol–water partition coefficient (Wildman–Crippen LogP) is 4.39. The van der Waals surface area contributed by atoms with Crippen LogP contribution >= 0.6 is 15.9 Å². The van der Waals surface area contributed by atoms with Gasteiger partial charge in [-0.3, -0.25) is 4.79 Å². The second kappa shape index (κ2) is 7.24. The van der Waals surface area contributed by atoms with Crippen LogP contribution < -0.4 is 5.32 Å².